The first-order valence-corrected chi connectivity index (χ1v) is 6.32. The Bertz CT molecular complexity index is 696. The van der Waals surface area contributed by atoms with E-state index in [-0.39, 0.29) is 22.8 Å². The van der Waals surface area contributed by atoms with Gasteiger partial charge in [0.2, 0.25) is 5.88 Å². The second kappa shape index (κ2) is 5.39. The number of carboxylic acids is 1. The monoisotopic (exact) mass is 372 g/mol. The maximum absolute atomic E-state index is 11.3. The van der Waals surface area contributed by atoms with E-state index in [2.05, 4.69) is 9.97 Å². The summed E-state index contributed by atoms with van der Waals surface area (Å²) in [6.07, 6.45) is 0. The van der Waals surface area contributed by atoms with Gasteiger partial charge in [-0.1, -0.05) is 0 Å². The van der Waals surface area contributed by atoms with Crippen molar-refractivity contribution < 1.29 is 14.6 Å². The minimum Gasteiger partial charge on any atom is -0.478 e. The fourth-order valence-corrected chi connectivity index (χ4v) is 1.97. The molecular weight excluding hydrogens is 363 g/mol. The van der Waals surface area contributed by atoms with E-state index in [0.717, 1.165) is 9.64 Å². The highest BCUT2D eigenvalue weighted by atomic mass is 127. The first-order valence-electron chi connectivity index (χ1n) is 5.24. The predicted molar refractivity (Wildman–Crippen MR) is 75.8 cm³/mol. The van der Waals surface area contributed by atoms with Gasteiger partial charge in [0.15, 0.2) is 0 Å². The summed E-state index contributed by atoms with van der Waals surface area (Å²) in [5.41, 5.74) is -0.337. The topological polar surface area (TPSA) is 92.3 Å². The van der Waals surface area contributed by atoms with E-state index in [9.17, 15) is 9.59 Å². The van der Waals surface area contributed by atoms with Gasteiger partial charge in [-0.05, 0) is 47.7 Å². The molecule has 0 bridgehead atoms. The van der Waals surface area contributed by atoms with Crippen LogP contribution in [-0.4, -0.2) is 21.0 Å². The number of aryl methyl sites for hydroxylation is 1. The third-order valence-electron chi connectivity index (χ3n) is 2.22. The zero-order valence-corrected chi connectivity index (χ0v) is 12.0. The number of hydrogen-bond acceptors (Lipinski definition) is 4. The number of carboxylic acid groups (broad SMARTS) is 1. The molecule has 98 valence electrons. The molecule has 0 atom stereocenters. The van der Waals surface area contributed by atoms with Crippen molar-refractivity contribution in [2.75, 3.05) is 0 Å². The van der Waals surface area contributed by atoms with Gasteiger partial charge in [-0.2, -0.15) is 0 Å². The second-order valence-electron chi connectivity index (χ2n) is 3.72. The quantitative estimate of drug-likeness (QED) is 0.806. The fourth-order valence-electron chi connectivity index (χ4n) is 1.48. The van der Waals surface area contributed by atoms with E-state index in [1.807, 2.05) is 22.6 Å². The number of aromatic nitrogens is 2. The van der Waals surface area contributed by atoms with E-state index in [1.165, 1.54) is 12.1 Å². The third kappa shape index (κ3) is 3.31. The molecule has 2 aromatic rings. The first kappa shape index (κ1) is 13.5. The molecule has 19 heavy (non-hydrogen) atoms. The zero-order valence-electron chi connectivity index (χ0n) is 9.81. The summed E-state index contributed by atoms with van der Waals surface area (Å²) in [5, 5.41) is 9.11. The minimum absolute atomic E-state index is 0.0200. The Morgan fingerprint density at radius 1 is 1.42 bits per heavy atom. The Balaban J connectivity index is 2.43. The van der Waals surface area contributed by atoms with Crippen LogP contribution in [0.4, 0.5) is 0 Å². The van der Waals surface area contributed by atoms with Crippen LogP contribution in [-0.2, 0) is 0 Å². The summed E-state index contributed by atoms with van der Waals surface area (Å²) >= 11 is 2.01. The molecule has 6 nitrogen and oxygen atoms in total. The number of ether oxygens (including phenoxy) is 1. The smallest absolute Gasteiger partial charge is 0.339 e. The van der Waals surface area contributed by atoms with Crippen LogP contribution < -0.4 is 10.3 Å². The number of benzene rings is 1. The molecule has 0 amide bonds. The van der Waals surface area contributed by atoms with Crippen LogP contribution in [0.1, 0.15) is 16.2 Å². The van der Waals surface area contributed by atoms with Crippen molar-refractivity contribution in [2.24, 2.45) is 0 Å². The summed E-state index contributed by atoms with van der Waals surface area (Å²) in [6, 6.07) is 5.89. The van der Waals surface area contributed by atoms with Crippen molar-refractivity contribution >= 4 is 28.6 Å². The largest absolute Gasteiger partial charge is 0.478 e. The molecule has 0 spiro atoms. The molecule has 1 aromatic heterocycles. The van der Waals surface area contributed by atoms with Gasteiger partial charge >= 0.3 is 5.97 Å². The van der Waals surface area contributed by atoms with Crippen molar-refractivity contribution in [1.82, 2.24) is 9.97 Å². The van der Waals surface area contributed by atoms with Gasteiger partial charge in [-0.15, -0.1) is 0 Å². The summed E-state index contributed by atoms with van der Waals surface area (Å²) in [6.45, 7) is 1.61. The fraction of sp³-hybridized carbons (Fsp3) is 0.0833. The molecule has 7 heteroatoms. The molecule has 2 N–H and O–H groups in total. The summed E-state index contributed by atoms with van der Waals surface area (Å²) < 4.78 is 6.15. The Kier molecular flexibility index (Phi) is 3.84. The molecule has 0 fully saturated rings. The molecule has 0 aliphatic heterocycles. The second-order valence-corrected chi connectivity index (χ2v) is 4.96. The predicted octanol–water partition coefficient (Wildman–Crippen LogP) is 2.17. The van der Waals surface area contributed by atoms with Gasteiger partial charge in [-0.3, -0.25) is 4.79 Å². The van der Waals surface area contributed by atoms with Crippen LogP contribution in [0.3, 0.4) is 0 Å². The zero-order chi connectivity index (χ0) is 14.0. The standard InChI is InChI=1S/C12H9IN2O4/c1-6-14-10(16)5-11(15-6)19-9-3-2-7(13)4-8(9)12(17)18/h2-5H,1H3,(H,17,18)(H,14,15,16). The van der Waals surface area contributed by atoms with E-state index < -0.39 is 5.97 Å². The number of carbonyl (C=O) groups is 1. The average Bonchev–Trinajstić information content (AvgIpc) is 2.30. The van der Waals surface area contributed by atoms with Gasteiger partial charge < -0.3 is 14.8 Å². The third-order valence-corrected chi connectivity index (χ3v) is 2.89. The lowest BCUT2D eigenvalue weighted by molar-refractivity contribution is 0.0694. The van der Waals surface area contributed by atoms with Gasteiger partial charge in [0, 0.05) is 3.57 Å². The molecule has 0 saturated heterocycles. The lowest BCUT2D eigenvalue weighted by atomic mass is 10.2. The molecule has 0 unspecified atom stereocenters. The SMILES string of the molecule is Cc1nc(Oc2ccc(I)cc2C(=O)O)cc(=O)[nH]1. The van der Waals surface area contributed by atoms with Crippen molar-refractivity contribution in [3.05, 3.63) is 49.6 Å². The Labute approximate surface area is 121 Å². The Morgan fingerprint density at radius 3 is 2.79 bits per heavy atom. The summed E-state index contributed by atoms with van der Waals surface area (Å²) in [5.74, 6) is -0.504. The first-order chi connectivity index (χ1) is 8.95. The van der Waals surface area contributed by atoms with Crippen LogP contribution in [0.2, 0.25) is 0 Å². The van der Waals surface area contributed by atoms with Crippen LogP contribution in [0.25, 0.3) is 0 Å². The van der Waals surface area contributed by atoms with Gasteiger partial charge in [0.1, 0.15) is 17.1 Å². The van der Waals surface area contributed by atoms with Crippen LogP contribution in [0, 0.1) is 10.5 Å². The molecule has 0 radical (unpaired) electrons. The maximum Gasteiger partial charge on any atom is 0.339 e. The summed E-state index contributed by atoms with van der Waals surface area (Å²) in [7, 11) is 0. The minimum atomic E-state index is -1.10. The molecule has 2 rings (SSSR count). The van der Waals surface area contributed by atoms with Crippen molar-refractivity contribution in [1.29, 1.82) is 0 Å². The van der Waals surface area contributed by atoms with Gasteiger partial charge in [-0.25, -0.2) is 9.78 Å². The average molecular weight is 372 g/mol. The van der Waals surface area contributed by atoms with Crippen molar-refractivity contribution in [3.8, 4) is 11.6 Å². The number of rotatable bonds is 3. The molecule has 0 aliphatic rings. The highest BCUT2D eigenvalue weighted by molar-refractivity contribution is 14.1. The number of halogens is 1. The number of aromatic carboxylic acids is 1. The Morgan fingerprint density at radius 2 is 2.16 bits per heavy atom. The maximum atomic E-state index is 11.3. The highest BCUT2D eigenvalue weighted by Crippen LogP contribution is 2.25. The molecule has 0 aliphatic carbocycles. The molecule has 0 saturated carbocycles. The van der Waals surface area contributed by atoms with E-state index in [0.29, 0.717) is 5.82 Å². The Hall–Kier alpha value is -1.90. The van der Waals surface area contributed by atoms with E-state index >= 15 is 0 Å². The highest BCUT2D eigenvalue weighted by Gasteiger charge is 2.13. The normalized spacial score (nSPS) is 10.2. The lowest BCUT2D eigenvalue weighted by Gasteiger charge is -2.08. The number of H-pyrrole nitrogens is 1. The number of aromatic amines is 1. The van der Waals surface area contributed by atoms with Gasteiger partial charge in [0.25, 0.3) is 5.56 Å². The van der Waals surface area contributed by atoms with Crippen molar-refractivity contribution in [2.45, 2.75) is 6.92 Å². The molecule has 1 heterocycles. The molecular formula is C12H9IN2O4. The lowest BCUT2D eigenvalue weighted by Crippen LogP contribution is -2.09. The van der Waals surface area contributed by atoms with Crippen LogP contribution in [0.5, 0.6) is 11.6 Å². The van der Waals surface area contributed by atoms with Crippen molar-refractivity contribution in [3.63, 3.8) is 0 Å². The van der Waals surface area contributed by atoms with E-state index in [1.54, 1.807) is 13.0 Å². The number of hydrogen-bond donors (Lipinski definition) is 2. The van der Waals surface area contributed by atoms with Gasteiger partial charge in [0.05, 0.1) is 6.07 Å². The van der Waals surface area contributed by atoms with Crippen LogP contribution in [0.15, 0.2) is 29.1 Å². The number of nitrogens with zero attached hydrogens (tertiary/aromatic N) is 1. The summed E-state index contributed by atoms with van der Waals surface area (Å²) in [4.78, 5) is 28.9. The number of nitrogens with one attached hydrogen (secondary N) is 1. The molecule has 1 aromatic carbocycles. The van der Waals surface area contributed by atoms with Crippen LogP contribution >= 0.6 is 22.6 Å². The van der Waals surface area contributed by atoms with E-state index in [4.69, 9.17) is 9.84 Å².